The zero-order valence-electron chi connectivity index (χ0n) is 13.1. The van der Waals surface area contributed by atoms with Gasteiger partial charge in [-0.25, -0.2) is 14.4 Å². The Bertz CT molecular complexity index is 673. The molecule has 0 bridgehead atoms. The van der Waals surface area contributed by atoms with Gasteiger partial charge in [0, 0.05) is 11.8 Å². The fourth-order valence-corrected chi connectivity index (χ4v) is 2.22. The third kappa shape index (κ3) is 2.64. The summed E-state index contributed by atoms with van der Waals surface area (Å²) in [6.07, 6.45) is 1.66. The molecule has 0 saturated carbocycles. The number of rotatable bonds is 2. The van der Waals surface area contributed by atoms with Crippen LogP contribution in [0.4, 0.5) is 4.39 Å². The third-order valence-corrected chi connectivity index (χ3v) is 4.28. The molecule has 2 aromatic rings. The second-order valence-electron chi connectivity index (χ2n) is 6.40. The molecule has 3 rings (SSSR count). The van der Waals surface area contributed by atoms with Gasteiger partial charge in [0.05, 0.1) is 16.9 Å². The first-order valence-corrected chi connectivity index (χ1v) is 7.23. The highest BCUT2D eigenvalue weighted by atomic mass is 19.1. The summed E-state index contributed by atoms with van der Waals surface area (Å²) in [6, 6.07) is 7.97. The van der Waals surface area contributed by atoms with E-state index >= 15 is 0 Å². The van der Waals surface area contributed by atoms with E-state index in [1.54, 1.807) is 24.4 Å². The van der Waals surface area contributed by atoms with Gasteiger partial charge in [-0.2, -0.15) is 0 Å². The van der Waals surface area contributed by atoms with Gasteiger partial charge < -0.3 is 9.31 Å². The van der Waals surface area contributed by atoms with Crippen molar-refractivity contribution in [1.82, 2.24) is 9.97 Å². The van der Waals surface area contributed by atoms with Crippen LogP contribution in [0.5, 0.6) is 0 Å². The highest BCUT2D eigenvalue weighted by Gasteiger charge is 2.53. The minimum Gasteiger partial charge on any atom is -0.397 e. The second kappa shape index (κ2) is 5.14. The van der Waals surface area contributed by atoms with Crippen LogP contribution >= 0.6 is 0 Å². The first kappa shape index (κ1) is 15.1. The van der Waals surface area contributed by atoms with Crippen molar-refractivity contribution in [3.05, 3.63) is 42.3 Å². The van der Waals surface area contributed by atoms with Crippen molar-refractivity contribution in [1.29, 1.82) is 0 Å². The van der Waals surface area contributed by atoms with Gasteiger partial charge in [-0.3, -0.25) is 0 Å². The Morgan fingerprint density at radius 2 is 1.55 bits per heavy atom. The minimum absolute atomic E-state index is 0.274. The topological polar surface area (TPSA) is 44.2 Å². The zero-order chi connectivity index (χ0) is 16.0. The molecule has 1 aliphatic rings. The number of hydrogen-bond acceptors (Lipinski definition) is 4. The van der Waals surface area contributed by atoms with Gasteiger partial charge >= 0.3 is 7.12 Å². The molecule has 114 valence electrons. The smallest absolute Gasteiger partial charge is 0.397 e. The van der Waals surface area contributed by atoms with Gasteiger partial charge in [-0.05, 0) is 58.0 Å². The van der Waals surface area contributed by atoms with E-state index < -0.39 is 18.3 Å². The van der Waals surface area contributed by atoms with E-state index in [9.17, 15) is 4.39 Å². The van der Waals surface area contributed by atoms with Crippen LogP contribution in [-0.2, 0) is 9.31 Å². The molecule has 0 amide bonds. The van der Waals surface area contributed by atoms with Crippen molar-refractivity contribution in [2.24, 2.45) is 0 Å². The minimum atomic E-state index is -0.606. The highest BCUT2D eigenvalue weighted by Crippen LogP contribution is 2.36. The molecule has 0 spiro atoms. The molecule has 0 unspecified atom stereocenters. The maximum absolute atomic E-state index is 13.0. The van der Waals surface area contributed by atoms with Crippen LogP contribution in [0.25, 0.3) is 11.3 Å². The molecule has 1 aromatic carbocycles. The summed E-state index contributed by atoms with van der Waals surface area (Å²) < 4.78 is 24.9. The Balaban J connectivity index is 1.91. The van der Waals surface area contributed by atoms with E-state index in [0.717, 1.165) is 5.56 Å². The lowest BCUT2D eigenvalue weighted by molar-refractivity contribution is 0.00578. The fraction of sp³-hybridized carbons (Fsp3) is 0.375. The van der Waals surface area contributed by atoms with Crippen LogP contribution in [0.2, 0.25) is 0 Å². The molecular formula is C16H18BFN2O2. The second-order valence-corrected chi connectivity index (χ2v) is 6.40. The largest absolute Gasteiger partial charge is 0.534 e. The number of aromatic nitrogens is 2. The summed E-state index contributed by atoms with van der Waals surface area (Å²) in [5, 5.41) is 0. The predicted molar refractivity (Wildman–Crippen MR) is 83.1 cm³/mol. The monoisotopic (exact) mass is 300 g/mol. The van der Waals surface area contributed by atoms with Crippen molar-refractivity contribution in [3.8, 4) is 11.3 Å². The van der Waals surface area contributed by atoms with E-state index in [2.05, 4.69) is 9.97 Å². The van der Waals surface area contributed by atoms with Gasteiger partial charge in [0.25, 0.3) is 0 Å². The van der Waals surface area contributed by atoms with Crippen molar-refractivity contribution in [2.45, 2.75) is 38.9 Å². The lowest BCUT2D eigenvalue weighted by Crippen LogP contribution is -2.41. The lowest BCUT2D eigenvalue weighted by Gasteiger charge is -2.32. The van der Waals surface area contributed by atoms with Crippen LogP contribution in [0.3, 0.4) is 0 Å². The Labute approximate surface area is 129 Å². The number of nitrogens with zero attached hydrogens (tertiary/aromatic N) is 2. The van der Waals surface area contributed by atoms with E-state index in [-0.39, 0.29) is 5.82 Å². The highest BCUT2D eigenvalue weighted by molar-refractivity contribution is 6.60. The Morgan fingerprint density at radius 3 is 2.14 bits per heavy atom. The average molecular weight is 300 g/mol. The normalized spacial score (nSPS) is 19.4. The summed E-state index contributed by atoms with van der Waals surface area (Å²) in [5.41, 5.74) is 1.13. The maximum atomic E-state index is 13.0. The summed E-state index contributed by atoms with van der Waals surface area (Å²) in [6.45, 7) is 7.93. The van der Waals surface area contributed by atoms with Crippen LogP contribution in [0, 0.1) is 5.82 Å². The average Bonchev–Trinajstić information content (AvgIpc) is 2.68. The van der Waals surface area contributed by atoms with E-state index in [1.807, 2.05) is 27.7 Å². The Morgan fingerprint density at radius 1 is 0.955 bits per heavy atom. The van der Waals surface area contributed by atoms with Crippen molar-refractivity contribution < 1.29 is 13.7 Å². The lowest BCUT2D eigenvalue weighted by atomic mass is 9.89. The van der Waals surface area contributed by atoms with Crippen LogP contribution < -0.4 is 5.72 Å². The molecule has 1 aromatic heterocycles. The maximum Gasteiger partial charge on any atom is 0.534 e. The Kier molecular flexibility index (Phi) is 3.53. The van der Waals surface area contributed by atoms with E-state index in [0.29, 0.717) is 11.4 Å². The van der Waals surface area contributed by atoms with Crippen molar-refractivity contribution in [3.63, 3.8) is 0 Å². The van der Waals surface area contributed by atoms with Crippen LogP contribution in [0.1, 0.15) is 27.7 Å². The molecule has 0 atom stereocenters. The van der Waals surface area contributed by atoms with Gasteiger partial charge in [0.15, 0.2) is 5.72 Å². The molecule has 1 saturated heterocycles. The fourth-order valence-electron chi connectivity index (χ4n) is 2.22. The van der Waals surface area contributed by atoms with E-state index in [4.69, 9.17) is 9.31 Å². The summed E-state index contributed by atoms with van der Waals surface area (Å²) in [7, 11) is -0.606. The van der Waals surface area contributed by atoms with Crippen LogP contribution in [-0.4, -0.2) is 28.3 Å². The van der Waals surface area contributed by atoms with E-state index in [1.165, 1.54) is 12.1 Å². The quantitative estimate of drug-likeness (QED) is 0.800. The third-order valence-electron chi connectivity index (χ3n) is 4.28. The van der Waals surface area contributed by atoms with Crippen molar-refractivity contribution >= 4 is 12.8 Å². The number of hydrogen-bond donors (Lipinski definition) is 0. The summed E-state index contributed by atoms with van der Waals surface area (Å²) >= 11 is 0. The molecule has 22 heavy (non-hydrogen) atoms. The Hall–Kier alpha value is -1.79. The zero-order valence-corrected chi connectivity index (χ0v) is 13.1. The molecule has 2 heterocycles. The van der Waals surface area contributed by atoms with Gasteiger partial charge in [0.1, 0.15) is 5.82 Å². The van der Waals surface area contributed by atoms with Crippen LogP contribution in [0.15, 0.2) is 36.5 Å². The molecule has 1 aliphatic heterocycles. The van der Waals surface area contributed by atoms with Gasteiger partial charge in [-0.15, -0.1) is 0 Å². The predicted octanol–water partition coefficient (Wildman–Crippen LogP) is 2.58. The molecular weight excluding hydrogens is 282 g/mol. The summed E-state index contributed by atoms with van der Waals surface area (Å²) in [4.78, 5) is 8.76. The number of benzene rings is 1. The van der Waals surface area contributed by atoms with Crippen molar-refractivity contribution in [2.75, 3.05) is 0 Å². The SMILES string of the molecule is CC1(C)OB(c2nccc(-c3ccc(F)cc3)n2)OC1(C)C. The number of halogens is 1. The molecule has 0 aliphatic carbocycles. The molecule has 6 heteroatoms. The molecule has 0 N–H and O–H groups in total. The first-order chi connectivity index (χ1) is 10.3. The standard InChI is InChI=1S/C16H18BFN2O2/c1-15(2)16(3,4)22-17(21-15)14-19-10-9-13(20-14)11-5-7-12(18)8-6-11/h5-10H,1-4H3. The summed E-state index contributed by atoms with van der Waals surface area (Å²) in [5.74, 6) is -0.274. The van der Waals surface area contributed by atoms with Gasteiger partial charge in [0.2, 0.25) is 0 Å². The first-order valence-electron chi connectivity index (χ1n) is 7.23. The molecule has 1 fully saturated rings. The molecule has 4 nitrogen and oxygen atoms in total. The van der Waals surface area contributed by atoms with Gasteiger partial charge in [-0.1, -0.05) is 0 Å². The molecule has 0 radical (unpaired) electrons.